The lowest BCUT2D eigenvalue weighted by Crippen LogP contribution is -2.36. The lowest BCUT2D eigenvalue weighted by atomic mass is 10.1. The van der Waals surface area contributed by atoms with Gasteiger partial charge >= 0.3 is 12.1 Å². The Hall–Kier alpha value is -1.26. The molecular formula is C11H17NO4. The number of amides is 1. The Bertz CT molecular complexity index is 346. The summed E-state index contributed by atoms with van der Waals surface area (Å²) in [6.07, 6.45) is -0.179. The van der Waals surface area contributed by atoms with E-state index in [4.69, 9.17) is 9.84 Å². The molecule has 2 atom stereocenters. The number of carboxylic acid groups (broad SMARTS) is 1. The number of nitrogens with zero attached hydrogens (tertiary/aromatic N) is 1. The van der Waals surface area contributed by atoms with Gasteiger partial charge in [-0.1, -0.05) is 0 Å². The van der Waals surface area contributed by atoms with Crippen molar-refractivity contribution in [1.82, 2.24) is 4.90 Å². The van der Waals surface area contributed by atoms with E-state index in [2.05, 4.69) is 0 Å². The van der Waals surface area contributed by atoms with Crippen molar-refractivity contribution >= 4 is 12.1 Å². The monoisotopic (exact) mass is 227 g/mol. The van der Waals surface area contributed by atoms with Crippen LogP contribution in [0.5, 0.6) is 0 Å². The minimum absolute atomic E-state index is 0.165. The molecule has 0 aromatic heterocycles. The maximum Gasteiger partial charge on any atom is 0.407 e. The summed E-state index contributed by atoms with van der Waals surface area (Å²) in [5.41, 5.74) is -1.04. The Kier molecular flexibility index (Phi) is 2.19. The second kappa shape index (κ2) is 3.12. The van der Waals surface area contributed by atoms with Crippen LogP contribution in [0.15, 0.2) is 0 Å². The standard InChI is InChI=1S/C11H17NO4/c1-10(2,3)16-8(13)11-4-7(11)5-12(6-11)9(14)15/h7H,4-6H2,1-3H3,(H,14,15). The molecule has 1 heterocycles. The maximum absolute atomic E-state index is 12.0. The normalized spacial score (nSPS) is 32.2. The molecule has 5 nitrogen and oxygen atoms in total. The summed E-state index contributed by atoms with van der Waals surface area (Å²) in [7, 11) is 0. The molecular weight excluding hydrogens is 210 g/mol. The molecule has 1 amide bonds. The van der Waals surface area contributed by atoms with E-state index >= 15 is 0 Å². The van der Waals surface area contributed by atoms with Crippen LogP contribution in [0.3, 0.4) is 0 Å². The van der Waals surface area contributed by atoms with Crippen molar-refractivity contribution in [2.45, 2.75) is 32.8 Å². The number of esters is 1. The van der Waals surface area contributed by atoms with Gasteiger partial charge in [0.15, 0.2) is 0 Å². The predicted molar refractivity (Wildman–Crippen MR) is 56.0 cm³/mol. The molecule has 1 aliphatic heterocycles. The Morgan fingerprint density at radius 3 is 2.50 bits per heavy atom. The summed E-state index contributed by atoms with van der Waals surface area (Å²) in [5, 5.41) is 8.85. The molecule has 16 heavy (non-hydrogen) atoms. The highest BCUT2D eigenvalue weighted by atomic mass is 16.6. The molecule has 2 rings (SSSR count). The Balaban J connectivity index is 2.02. The quantitative estimate of drug-likeness (QED) is 0.686. The molecule has 1 saturated carbocycles. The summed E-state index contributed by atoms with van der Waals surface area (Å²) in [6.45, 7) is 6.23. The van der Waals surface area contributed by atoms with Gasteiger partial charge in [-0.25, -0.2) is 4.79 Å². The van der Waals surface area contributed by atoms with Gasteiger partial charge < -0.3 is 14.7 Å². The van der Waals surface area contributed by atoms with Crippen molar-refractivity contribution in [3.8, 4) is 0 Å². The molecule has 0 spiro atoms. The predicted octanol–water partition coefficient (Wildman–Crippen LogP) is 1.33. The number of rotatable bonds is 1. The molecule has 2 fully saturated rings. The zero-order valence-electron chi connectivity index (χ0n) is 9.82. The smallest absolute Gasteiger partial charge is 0.407 e. The van der Waals surface area contributed by atoms with Gasteiger partial charge in [0.05, 0.1) is 5.41 Å². The van der Waals surface area contributed by atoms with Crippen LogP contribution in [-0.2, 0) is 9.53 Å². The van der Waals surface area contributed by atoms with Crippen molar-refractivity contribution in [1.29, 1.82) is 0 Å². The van der Waals surface area contributed by atoms with Crippen LogP contribution in [-0.4, -0.2) is 40.8 Å². The Labute approximate surface area is 94.4 Å². The minimum Gasteiger partial charge on any atom is -0.465 e. The minimum atomic E-state index is -0.949. The van der Waals surface area contributed by atoms with E-state index in [9.17, 15) is 9.59 Å². The van der Waals surface area contributed by atoms with Crippen LogP contribution in [0, 0.1) is 11.3 Å². The first-order valence-corrected chi connectivity index (χ1v) is 5.46. The number of carbonyl (C=O) groups is 2. The van der Waals surface area contributed by atoms with E-state index in [-0.39, 0.29) is 11.9 Å². The summed E-state index contributed by atoms with van der Waals surface area (Å²) in [5.74, 6) is -0.0767. The van der Waals surface area contributed by atoms with Gasteiger partial charge in [-0.2, -0.15) is 0 Å². The van der Waals surface area contributed by atoms with E-state index in [0.717, 1.165) is 6.42 Å². The summed E-state index contributed by atoms with van der Waals surface area (Å²) in [6, 6.07) is 0. The molecule has 0 bridgehead atoms. The third-order valence-corrected chi connectivity index (χ3v) is 3.22. The van der Waals surface area contributed by atoms with E-state index in [0.29, 0.717) is 13.1 Å². The molecule has 1 aliphatic carbocycles. The molecule has 0 aromatic rings. The molecule has 0 radical (unpaired) electrons. The molecule has 90 valence electrons. The zero-order chi connectivity index (χ0) is 12.1. The average molecular weight is 227 g/mol. The summed E-state index contributed by atoms with van der Waals surface area (Å²) < 4.78 is 5.34. The van der Waals surface area contributed by atoms with E-state index in [1.807, 2.05) is 20.8 Å². The van der Waals surface area contributed by atoms with Crippen LogP contribution in [0.1, 0.15) is 27.2 Å². The van der Waals surface area contributed by atoms with Gasteiger partial charge in [-0.15, -0.1) is 0 Å². The second-order valence-corrected chi connectivity index (χ2v) is 5.72. The highest BCUT2D eigenvalue weighted by Gasteiger charge is 2.67. The fourth-order valence-corrected chi connectivity index (χ4v) is 2.32. The van der Waals surface area contributed by atoms with Gasteiger partial charge in [0.25, 0.3) is 0 Å². The molecule has 1 saturated heterocycles. The van der Waals surface area contributed by atoms with Crippen LogP contribution in [0.4, 0.5) is 4.79 Å². The van der Waals surface area contributed by atoms with Crippen molar-refractivity contribution < 1.29 is 19.4 Å². The third kappa shape index (κ3) is 1.74. The second-order valence-electron chi connectivity index (χ2n) is 5.72. The maximum atomic E-state index is 12.0. The van der Waals surface area contributed by atoms with Gasteiger partial charge in [-0.3, -0.25) is 4.79 Å². The van der Waals surface area contributed by atoms with Crippen LogP contribution >= 0.6 is 0 Å². The molecule has 2 aliphatic rings. The van der Waals surface area contributed by atoms with E-state index < -0.39 is 17.1 Å². The van der Waals surface area contributed by atoms with Crippen molar-refractivity contribution in [2.24, 2.45) is 11.3 Å². The number of hydrogen-bond acceptors (Lipinski definition) is 3. The highest BCUT2D eigenvalue weighted by Crippen LogP contribution is 2.58. The van der Waals surface area contributed by atoms with Crippen LogP contribution in [0.25, 0.3) is 0 Å². The largest absolute Gasteiger partial charge is 0.465 e. The average Bonchev–Trinajstić information content (AvgIpc) is 2.67. The first-order valence-electron chi connectivity index (χ1n) is 5.46. The molecule has 2 unspecified atom stereocenters. The fraction of sp³-hybridized carbons (Fsp3) is 0.818. The lowest BCUT2D eigenvalue weighted by molar-refractivity contribution is -0.161. The third-order valence-electron chi connectivity index (χ3n) is 3.22. The zero-order valence-corrected chi connectivity index (χ0v) is 9.82. The van der Waals surface area contributed by atoms with E-state index in [1.165, 1.54) is 4.90 Å². The van der Waals surface area contributed by atoms with Crippen molar-refractivity contribution in [2.75, 3.05) is 13.1 Å². The first kappa shape index (κ1) is 11.2. The van der Waals surface area contributed by atoms with Crippen LogP contribution in [0.2, 0.25) is 0 Å². The van der Waals surface area contributed by atoms with Crippen molar-refractivity contribution in [3.05, 3.63) is 0 Å². The number of fused-ring (bicyclic) bond motifs is 1. The SMILES string of the molecule is CC(C)(C)OC(=O)C12CC1CN(C(=O)O)C2. The van der Waals surface area contributed by atoms with Gasteiger partial charge in [0.2, 0.25) is 0 Å². The van der Waals surface area contributed by atoms with Crippen LogP contribution < -0.4 is 0 Å². The number of carbonyl (C=O) groups excluding carboxylic acids is 1. The molecule has 0 aromatic carbocycles. The number of piperidine rings is 1. The fourth-order valence-electron chi connectivity index (χ4n) is 2.32. The molecule has 1 N–H and O–H groups in total. The molecule has 5 heteroatoms. The summed E-state index contributed by atoms with van der Waals surface area (Å²) in [4.78, 5) is 24.0. The van der Waals surface area contributed by atoms with E-state index in [1.54, 1.807) is 0 Å². The van der Waals surface area contributed by atoms with Gasteiger partial charge in [-0.05, 0) is 33.1 Å². The lowest BCUT2D eigenvalue weighted by Gasteiger charge is -2.23. The van der Waals surface area contributed by atoms with Crippen molar-refractivity contribution in [3.63, 3.8) is 0 Å². The topological polar surface area (TPSA) is 66.8 Å². The van der Waals surface area contributed by atoms with Gasteiger partial charge in [0.1, 0.15) is 5.60 Å². The number of ether oxygens (including phenoxy) is 1. The Morgan fingerprint density at radius 2 is 2.06 bits per heavy atom. The van der Waals surface area contributed by atoms with Gasteiger partial charge in [0, 0.05) is 13.1 Å². The number of hydrogen-bond donors (Lipinski definition) is 1. The Morgan fingerprint density at radius 1 is 1.44 bits per heavy atom. The summed E-state index contributed by atoms with van der Waals surface area (Å²) >= 11 is 0. The highest BCUT2D eigenvalue weighted by molar-refractivity contribution is 5.83. The number of likely N-dealkylation sites (tertiary alicyclic amines) is 1. The first-order chi connectivity index (χ1) is 7.24.